The summed E-state index contributed by atoms with van der Waals surface area (Å²) < 4.78 is 289. The van der Waals surface area contributed by atoms with Crippen molar-refractivity contribution < 1.29 is 101 Å². The lowest BCUT2D eigenvalue weighted by molar-refractivity contribution is -0.361. The van der Waals surface area contributed by atoms with Crippen LogP contribution in [0.5, 0.6) is 0 Å². The van der Waals surface area contributed by atoms with Gasteiger partial charge in [-0.2, -0.15) is 87.8 Å². The highest BCUT2D eigenvalue weighted by Gasteiger charge is 2.75. The Bertz CT molecular complexity index is 709. The van der Waals surface area contributed by atoms with Crippen LogP contribution in [0.2, 0.25) is 0 Å². The van der Waals surface area contributed by atoms with Crippen molar-refractivity contribution in [2.24, 2.45) is 0 Å². The molecule has 0 rings (SSSR count). The van der Waals surface area contributed by atoms with E-state index in [1.807, 2.05) is 0 Å². The minimum atomic E-state index is -7.29. The van der Waals surface area contributed by atoms with E-state index in [-0.39, 0.29) is 0 Å². The Labute approximate surface area is 201 Å². The molecule has 0 N–H and O–H groups in total. The van der Waals surface area contributed by atoms with Crippen molar-refractivity contribution in [1.82, 2.24) is 0 Å². The van der Waals surface area contributed by atoms with Gasteiger partial charge >= 0.3 is 48.4 Å². The van der Waals surface area contributed by atoms with Gasteiger partial charge in [0.1, 0.15) is 12.2 Å². The van der Waals surface area contributed by atoms with Crippen molar-refractivity contribution in [3.05, 3.63) is 0 Å². The predicted molar refractivity (Wildman–Crippen MR) is 80.9 cm³/mol. The average Bonchev–Trinajstić information content (AvgIpc) is 2.68. The van der Waals surface area contributed by atoms with Gasteiger partial charge < -0.3 is 4.74 Å². The Morgan fingerprint density at radius 2 is 0.615 bits per heavy atom. The van der Waals surface area contributed by atoms with Gasteiger partial charge in [-0.15, -0.1) is 0 Å². The number of hydrogen-bond acceptors (Lipinski definition) is 1. The summed E-state index contributed by atoms with van der Waals surface area (Å²) in [6.45, 7) is 0. The zero-order chi connectivity index (χ0) is 31.8. The fourth-order valence-corrected chi connectivity index (χ4v) is 2.64. The molecule has 4 unspecified atom stereocenters. The molecule has 0 fully saturated rings. The summed E-state index contributed by atoms with van der Waals surface area (Å²) in [5.41, 5.74) is 0. The number of hydrogen-bond donors (Lipinski definition) is 0. The summed E-state index contributed by atoms with van der Waals surface area (Å²) in [4.78, 5) is 0. The Kier molecular flexibility index (Phi) is 10.9. The molecule has 0 saturated heterocycles. The normalized spacial score (nSPS) is 18.6. The van der Waals surface area contributed by atoms with Crippen molar-refractivity contribution in [3.63, 3.8) is 0 Å². The van der Waals surface area contributed by atoms with Crippen LogP contribution in [0.1, 0.15) is 25.7 Å². The quantitative estimate of drug-likeness (QED) is 0.194. The van der Waals surface area contributed by atoms with E-state index in [4.69, 9.17) is 0 Å². The summed E-state index contributed by atoms with van der Waals surface area (Å²) in [5.74, 6) is -28.8. The van der Waals surface area contributed by atoms with Crippen molar-refractivity contribution in [2.75, 3.05) is 0 Å². The fourth-order valence-electron chi connectivity index (χ4n) is 2.64. The van der Waals surface area contributed by atoms with Crippen LogP contribution in [0.4, 0.5) is 96.6 Å². The molecule has 0 aliphatic rings. The first-order valence-corrected chi connectivity index (χ1v) is 9.44. The van der Waals surface area contributed by atoms with Crippen LogP contribution in [0.3, 0.4) is 0 Å². The third kappa shape index (κ3) is 9.22. The number of halogens is 22. The summed E-state index contributed by atoms with van der Waals surface area (Å²) in [6, 6.07) is 0. The lowest BCUT2D eigenvalue weighted by Crippen LogP contribution is -2.63. The third-order valence-corrected chi connectivity index (χ3v) is 4.62. The predicted octanol–water partition coefficient (Wildman–Crippen LogP) is 8.77. The van der Waals surface area contributed by atoms with E-state index >= 15 is 0 Å². The van der Waals surface area contributed by atoms with Gasteiger partial charge in [-0.05, 0) is 12.8 Å². The van der Waals surface area contributed by atoms with Crippen molar-refractivity contribution in [3.8, 4) is 0 Å². The molecule has 39 heavy (non-hydrogen) atoms. The van der Waals surface area contributed by atoms with E-state index in [1.165, 1.54) is 0 Å². The fraction of sp³-hybridized carbons (Fsp3) is 1.00. The van der Waals surface area contributed by atoms with Gasteiger partial charge in [-0.1, -0.05) is 0 Å². The van der Waals surface area contributed by atoms with E-state index in [9.17, 15) is 96.6 Å². The van der Waals surface area contributed by atoms with E-state index in [0.717, 1.165) is 0 Å². The number of rotatable bonds is 12. The summed E-state index contributed by atoms with van der Waals surface area (Å²) in [6.07, 6.45) is -59.4. The molecule has 23 heteroatoms. The van der Waals surface area contributed by atoms with Crippen LogP contribution in [0.15, 0.2) is 0 Å². The Hall–Kier alpha value is -1.58. The maximum atomic E-state index is 14.2. The largest absolute Gasteiger partial charge is 0.425 e. The highest BCUT2D eigenvalue weighted by molar-refractivity contribution is 5.03. The zero-order valence-electron chi connectivity index (χ0n) is 17.9. The van der Waals surface area contributed by atoms with Crippen molar-refractivity contribution >= 4 is 0 Å². The zero-order valence-corrected chi connectivity index (χ0v) is 17.9. The lowest BCUT2D eigenvalue weighted by Gasteiger charge is -2.40. The number of alkyl halides is 22. The Balaban J connectivity index is 6.92. The standard InChI is InChI=1S/C16H12F22O/c17-7(15(33,34)35)13(29,30)11(25,26)5(1-3-9(19,20)21)39-6(2-4-10(22,23)24)12(27,28)14(31,32)8(18)16(36,37)38/h5-8H,1-4H2. The van der Waals surface area contributed by atoms with Gasteiger partial charge in [0.15, 0.2) is 0 Å². The minimum absolute atomic E-state index is 2.95. The maximum absolute atomic E-state index is 14.2. The summed E-state index contributed by atoms with van der Waals surface area (Å²) in [7, 11) is 0. The van der Waals surface area contributed by atoms with E-state index in [1.54, 1.807) is 0 Å². The molecule has 0 aliphatic heterocycles. The summed E-state index contributed by atoms with van der Waals surface area (Å²) in [5, 5.41) is 0. The van der Waals surface area contributed by atoms with Crippen LogP contribution in [-0.4, -0.2) is 72.9 Å². The Morgan fingerprint density at radius 3 is 0.795 bits per heavy atom. The lowest BCUT2D eigenvalue weighted by atomic mass is 9.94. The molecule has 0 aromatic carbocycles. The summed E-state index contributed by atoms with van der Waals surface area (Å²) >= 11 is 0. The molecule has 0 aromatic heterocycles. The molecule has 0 heterocycles. The molecular formula is C16H12F22O. The topological polar surface area (TPSA) is 9.23 Å². The van der Waals surface area contributed by atoms with Gasteiger partial charge in [-0.3, -0.25) is 0 Å². The molecular weight excluding hydrogens is 626 g/mol. The monoisotopic (exact) mass is 638 g/mol. The second-order valence-corrected chi connectivity index (χ2v) is 7.72. The van der Waals surface area contributed by atoms with E-state index in [2.05, 4.69) is 4.74 Å². The molecule has 0 aromatic rings. The first-order valence-electron chi connectivity index (χ1n) is 9.44. The van der Waals surface area contributed by atoms with Gasteiger partial charge in [0.25, 0.3) is 12.3 Å². The van der Waals surface area contributed by atoms with E-state index < -0.39 is 98.6 Å². The SMILES string of the molecule is FC(C(F)(F)F)C(F)(F)C(F)(F)C(CCC(F)(F)F)OC(CCC(F)(F)F)C(F)(F)C(F)(F)C(F)C(F)(F)F. The third-order valence-electron chi connectivity index (χ3n) is 4.62. The average molecular weight is 638 g/mol. The molecule has 1 nitrogen and oxygen atoms in total. The van der Waals surface area contributed by atoms with Crippen LogP contribution < -0.4 is 0 Å². The minimum Gasteiger partial charge on any atom is -0.362 e. The molecule has 0 bridgehead atoms. The highest BCUT2D eigenvalue weighted by atomic mass is 19.4. The first-order chi connectivity index (χ1) is 16.7. The Morgan fingerprint density at radius 1 is 0.385 bits per heavy atom. The molecule has 4 atom stereocenters. The van der Waals surface area contributed by atoms with Crippen molar-refractivity contribution in [2.45, 2.75) is 98.6 Å². The van der Waals surface area contributed by atoms with Gasteiger partial charge in [0.2, 0.25) is 0 Å². The smallest absolute Gasteiger partial charge is 0.362 e. The second kappa shape index (κ2) is 11.4. The van der Waals surface area contributed by atoms with Gasteiger partial charge in [-0.25, -0.2) is 8.78 Å². The molecule has 0 saturated carbocycles. The highest BCUT2D eigenvalue weighted by Crippen LogP contribution is 2.52. The van der Waals surface area contributed by atoms with Crippen LogP contribution in [0.25, 0.3) is 0 Å². The van der Waals surface area contributed by atoms with Crippen LogP contribution in [0, 0.1) is 0 Å². The maximum Gasteiger partial charge on any atom is 0.425 e. The van der Waals surface area contributed by atoms with E-state index in [0.29, 0.717) is 0 Å². The van der Waals surface area contributed by atoms with Crippen molar-refractivity contribution in [1.29, 1.82) is 0 Å². The molecule has 0 spiro atoms. The molecule has 0 amide bonds. The number of ether oxygens (including phenoxy) is 1. The second-order valence-electron chi connectivity index (χ2n) is 7.72. The molecule has 0 aliphatic carbocycles. The van der Waals surface area contributed by atoms with Gasteiger partial charge in [0, 0.05) is 12.8 Å². The van der Waals surface area contributed by atoms with Crippen LogP contribution >= 0.6 is 0 Å². The molecule has 0 radical (unpaired) electrons. The first kappa shape index (κ1) is 37.4. The van der Waals surface area contributed by atoms with Gasteiger partial charge in [0.05, 0.1) is 0 Å². The molecule has 236 valence electrons. The van der Waals surface area contributed by atoms with Crippen LogP contribution in [-0.2, 0) is 4.74 Å².